The van der Waals surface area contributed by atoms with E-state index in [-0.39, 0.29) is 0 Å². The van der Waals surface area contributed by atoms with Crippen molar-refractivity contribution >= 4 is 23.2 Å². The Labute approximate surface area is 157 Å². The van der Waals surface area contributed by atoms with Gasteiger partial charge in [-0.3, -0.25) is 0 Å². The third-order valence-electron chi connectivity index (χ3n) is 4.06. The minimum Gasteiger partial charge on any atom is -0.493 e. The predicted molar refractivity (Wildman–Crippen MR) is 101 cm³/mol. The molecule has 0 unspecified atom stereocenters. The zero-order valence-electron chi connectivity index (χ0n) is 14.7. The fourth-order valence-electron chi connectivity index (χ4n) is 2.72. The second-order valence-electron chi connectivity index (χ2n) is 5.97. The Bertz CT molecular complexity index is 868. The Hall–Kier alpha value is -2.38. The first-order chi connectivity index (χ1) is 12.7. The molecule has 0 aliphatic rings. The third kappa shape index (κ3) is 4.42. The van der Waals surface area contributed by atoms with Crippen LogP contribution in [0.5, 0.6) is 5.75 Å². The second kappa shape index (κ2) is 8.82. The predicted octanol–water partition coefficient (Wildman–Crippen LogP) is 3.15. The summed E-state index contributed by atoms with van der Waals surface area (Å²) < 4.78 is 12.6. The van der Waals surface area contributed by atoms with Gasteiger partial charge < -0.3 is 15.2 Å². The summed E-state index contributed by atoms with van der Waals surface area (Å²) in [4.78, 5) is 8.22. The lowest BCUT2D eigenvalue weighted by Crippen LogP contribution is -2.03. The molecular weight excluding hydrogens is 354 g/mol. The number of nitrogens with two attached hydrogens (primary N) is 1. The summed E-state index contributed by atoms with van der Waals surface area (Å²) in [5.41, 5.74) is 8.50. The first-order valence-electron chi connectivity index (χ1n) is 8.52. The van der Waals surface area contributed by atoms with Gasteiger partial charge in [0.25, 0.3) is 0 Å². The average Bonchev–Trinajstić information content (AvgIpc) is 3.04. The summed E-state index contributed by atoms with van der Waals surface area (Å²) >= 11 is 6.15. The first kappa shape index (κ1) is 18.4. The number of aromatic nitrogens is 4. The highest BCUT2D eigenvalue weighted by molar-refractivity contribution is 6.30. The molecule has 0 fully saturated rings. The van der Waals surface area contributed by atoms with Crippen molar-refractivity contribution in [1.29, 1.82) is 0 Å². The first-order valence-corrected chi connectivity index (χ1v) is 8.90. The van der Waals surface area contributed by atoms with Crippen LogP contribution in [0.2, 0.25) is 5.02 Å². The van der Waals surface area contributed by atoms with Crippen molar-refractivity contribution in [3.05, 3.63) is 46.9 Å². The monoisotopic (exact) mass is 375 g/mol. The standard InChI is InChI=1S/C18H22ClN5O2/c1-25-7-3-2-4-8-26-16-10-15(19)6-5-13(16)9-14-11-23-24-17(14)21-12-22-18(24)20/h5-6,10-12H,2-4,7-9H2,1H3,(H2,20,21,22). The highest BCUT2D eigenvalue weighted by Crippen LogP contribution is 2.27. The molecule has 138 valence electrons. The summed E-state index contributed by atoms with van der Waals surface area (Å²) in [6.07, 6.45) is 6.88. The maximum absolute atomic E-state index is 6.15. The number of nitrogens with zero attached hydrogens (tertiary/aromatic N) is 4. The molecule has 0 atom stereocenters. The number of rotatable bonds is 9. The van der Waals surface area contributed by atoms with E-state index in [1.54, 1.807) is 13.3 Å². The van der Waals surface area contributed by atoms with Gasteiger partial charge in [0.15, 0.2) is 5.65 Å². The maximum Gasteiger partial charge on any atom is 0.224 e. The van der Waals surface area contributed by atoms with Crippen LogP contribution in [0.3, 0.4) is 0 Å². The molecule has 0 saturated carbocycles. The van der Waals surface area contributed by atoms with Gasteiger partial charge in [0, 0.05) is 30.7 Å². The molecule has 8 heteroatoms. The van der Waals surface area contributed by atoms with Crippen LogP contribution in [0.15, 0.2) is 30.7 Å². The van der Waals surface area contributed by atoms with Crippen LogP contribution in [-0.4, -0.2) is 39.9 Å². The van der Waals surface area contributed by atoms with Crippen LogP contribution < -0.4 is 10.5 Å². The number of halogens is 1. The van der Waals surface area contributed by atoms with Gasteiger partial charge in [0.2, 0.25) is 5.95 Å². The lowest BCUT2D eigenvalue weighted by atomic mass is 10.1. The van der Waals surface area contributed by atoms with Crippen molar-refractivity contribution in [2.75, 3.05) is 26.1 Å². The van der Waals surface area contributed by atoms with E-state index in [1.807, 2.05) is 18.2 Å². The van der Waals surface area contributed by atoms with Crippen molar-refractivity contribution < 1.29 is 9.47 Å². The largest absolute Gasteiger partial charge is 0.493 e. The van der Waals surface area contributed by atoms with Crippen LogP contribution in [0.1, 0.15) is 30.4 Å². The highest BCUT2D eigenvalue weighted by atomic mass is 35.5. The fourth-order valence-corrected chi connectivity index (χ4v) is 2.89. The average molecular weight is 376 g/mol. The third-order valence-corrected chi connectivity index (χ3v) is 4.30. The molecule has 3 aromatic rings. The molecular formula is C18H22ClN5O2. The lowest BCUT2D eigenvalue weighted by molar-refractivity contribution is 0.189. The molecule has 0 aliphatic carbocycles. The summed E-state index contributed by atoms with van der Waals surface area (Å²) in [7, 11) is 1.72. The molecule has 1 aromatic carbocycles. The summed E-state index contributed by atoms with van der Waals surface area (Å²) in [6.45, 7) is 1.42. The van der Waals surface area contributed by atoms with E-state index < -0.39 is 0 Å². The van der Waals surface area contributed by atoms with Gasteiger partial charge in [-0.2, -0.15) is 9.61 Å². The molecule has 0 aliphatic heterocycles. The Kier molecular flexibility index (Phi) is 6.25. The summed E-state index contributed by atoms with van der Waals surface area (Å²) in [5.74, 6) is 1.09. The second-order valence-corrected chi connectivity index (χ2v) is 6.40. The Morgan fingerprint density at radius 3 is 2.81 bits per heavy atom. The number of nitrogen functional groups attached to an aromatic ring is 1. The molecule has 0 amide bonds. The van der Waals surface area contributed by atoms with Crippen LogP contribution in [0.4, 0.5) is 5.95 Å². The molecule has 26 heavy (non-hydrogen) atoms. The maximum atomic E-state index is 6.15. The Balaban J connectivity index is 1.72. The van der Waals surface area contributed by atoms with Crippen molar-refractivity contribution in [2.45, 2.75) is 25.7 Å². The van der Waals surface area contributed by atoms with Crippen molar-refractivity contribution in [1.82, 2.24) is 19.6 Å². The smallest absolute Gasteiger partial charge is 0.224 e. The summed E-state index contributed by atoms with van der Waals surface area (Å²) in [6, 6.07) is 5.68. The van der Waals surface area contributed by atoms with Gasteiger partial charge in [-0.05, 0) is 37.0 Å². The number of benzene rings is 1. The summed E-state index contributed by atoms with van der Waals surface area (Å²) in [5, 5.41) is 4.90. The van der Waals surface area contributed by atoms with E-state index in [0.29, 0.717) is 29.6 Å². The molecule has 7 nitrogen and oxygen atoms in total. The molecule has 0 radical (unpaired) electrons. The molecule has 2 aromatic heterocycles. The fraction of sp³-hybridized carbons (Fsp3) is 0.389. The zero-order chi connectivity index (χ0) is 18.4. The number of methoxy groups -OCH3 is 1. The van der Waals surface area contributed by atoms with Gasteiger partial charge in [-0.25, -0.2) is 9.97 Å². The van der Waals surface area contributed by atoms with E-state index in [2.05, 4.69) is 15.1 Å². The van der Waals surface area contributed by atoms with Crippen molar-refractivity contribution in [2.24, 2.45) is 0 Å². The zero-order valence-corrected chi connectivity index (χ0v) is 15.4. The number of unbranched alkanes of at least 4 members (excludes halogenated alkanes) is 2. The van der Waals surface area contributed by atoms with Gasteiger partial charge in [-0.1, -0.05) is 17.7 Å². The number of ether oxygens (including phenoxy) is 2. The minimum atomic E-state index is 0.310. The quantitative estimate of drug-likeness (QED) is 0.578. The van der Waals surface area contributed by atoms with Crippen molar-refractivity contribution in [3.8, 4) is 5.75 Å². The molecule has 0 saturated heterocycles. The Morgan fingerprint density at radius 1 is 1.12 bits per heavy atom. The Morgan fingerprint density at radius 2 is 1.96 bits per heavy atom. The minimum absolute atomic E-state index is 0.310. The molecule has 0 bridgehead atoms. The highest BCUT2D eigenvalue weighted by Gasteiger charge is 2.12. The topological polar surface area (TPSA) is 87.6 Å². The molecule has 3 rings (SSSR count). The number of fused-ring (bicyclic) bond motifs is 1. The van der Waals surface area contributed by atoms with Crippen LogP contribution in [0.25, 0.3) is 5.65 Å². The van der Waals surface area contributed by atoms with E-state index >= 15 is 0 Å². The number of anilines is 1. The molecule has 2 N–H and O–H groups in total. The van der Waals surface area contributed by atoms with Gasteiger partial charge in [0.05, 0.1) is 12.8 Å². The number of hydrogen-bond acceptors (Lipinski definition) is 6. The molecule has 2 heterocycles. The van der Waals surface area contributed by atoms with Crippen LogP contribution in [0, 0.1) is 0 Å². The lowest BCUT2D eigenvalue weighted by Gasteiger charge is -2.12. The van der Waals surface area contributed by atoms with E-state index in [4.69, 9.17) is 26.8 Å². The number of hydrogen-bond donors (Lipinski definition) is 1. The van der Waals surface area contributed by atoms with E-state index in [1.165, 1.54) is 10.8 Å². The normalized spacial score (nSPS) is 11.2. The van der Waals surface area contributed by atoms with E-state index in [0.717, 1.165) is 42.7 Å². The van der Waals surface area contributed by atoms with Crippen LogP contribution in [-0.2, 0) is 11.2 Å². The molecule has 0 spiro atoms. The van der Waals surface area contributed by atoms with Crippen LogP contribution >= 0.6 is 11.6 Å². The SMILES string of the molecule is COCCCCCOc1cc(Cl)ccc1Cc1cnn2c(N)ncnc12. The van der Waals surface area contributed by atoms with Crippen molar-refractivity contribution in [3.63, 3.8) is 0 Å². The van der Waals surface area contributed by atoms with E-state index in [9.17, 15) is 0 Å². The van der Waals surface area contributed by atoms with Gasteiger partial charge in [0.1, 0.15) is 12.1 Å². The van der Waals surface area contributed by atoms with Gasteiger partial charge >= 0.3 is 0 Å². The van der Waals surface area contributed by atoms with Gasteiger partial charge in [-0.15, -0.1) is 0 Å².